The number of amides is 2. The van der Waals surface area contributed by atoms with E-state index in [1.807, 2.05) is 19.1 Å². The molecule has 1 aromatic heterocycles. The molecular weight excluding hydrogens is 435 g/mol. The second kappa shape index (κ2) is 10.7. The number of urea groups is 1. The zero-order chi connectivity index (χ0) is 23.9. The van der Waals surface area contributed by atoms with Crippen molar-refractivity contribution < 1.29 is 27.5 Å². The van der Waals surface area contributed by atoms with E-state index in [-0.39, 0.29) is 18.2 Å². The van der Waals surface area contributed by atoms with Crippen LogP contribution in [0.1, 0.15) is 43.9 Å². The molecular formula is C24H28F3N3O3. The third-order valence-electron chi connectivity index (χ3n) is 5.74. The summed E-state index contributed by atoms with van der Waals surface area (Å²) in [6, 6.07) is 9.26. The average molecular weight is 464 g/mol. The van der Waals surface area contributed by atoms with Crippen LogP contribution in [-0.2, 0) is 22.1 Å². The third-order valence-corrected chi connectivity index (χ3v) is 5.74. The van der Waals surface area contributed by atoms with Gasteiger partial charge >= 0.3 is 18.2 Å². The lowest BCUT2D eigenvalue weighted by atomic mass is 9.76. The van der Waals surface area contributed by atoms with Crippen LogP contribution < -0.4 is 5.32 Å². The van der Waals surface area contributed by atoms with Gasteiger partial charge in [-0.2, -0.15) is 13.2 Å². The fraction of sp³-hybridized carbons (Fsp3) is 0.458. The van der Waals surface area contributed by atoms with Crippen LogP contribution >= 0.6 is 0 Å². The molecule has 0 radical (unpaired) electrons. The number of rotatable bonds is 7. The monoisotopic (exact) mass is 463 g/mol. The largest absolute Gasteiger partial charge is 0.465 e. The van der Waals surface area contributed by atoms with Crippen LogP contribution in [0.15, 0.2) is 48.7 Å². The lowest BCUT2D eigenvalue weighted by Gasteiger charge is -2.40. The van der Waals surface area contributed by atoms with Crippen molar-refractivity contribution in [2.24, 2.45) is 5.41 Å². The fourth-order valence-corrected chi connectivity index (χ4v) is 3.94. The fourth-order valence-electron chi connectivity index (χ4n) is 3.94. The molecule has 1 aliphatic rings. The SMILES string of the molecule is CCCCOC(=O)C1(Cc2ccccn2)CCCN(C(=O)Nc2ccc(C(F)(F)F)cc2)C1. The molecule has 33 heavy (non-hydrogen) atoms. The van der Waals surface area contributed by atoms with Gasteiger partial charge in [0.25, 0.3) is 0 Å². The number of piperidine rings is 1. The molecule has 1 aromatic carbocycles. The van der Waals surface area contributed by atoms with Crippen molar-refractivity contribution in [1.29, 1.82) is 0 Å². The molecule has 2 heterocycles. The van der Waals surface area contributed by atoms with Gasteiger partial charge in [0.1, 0.15) is 0 Å². The van der Waals surface area contributed by atoms with Gasteiger partial charge in [-0.15, -0.1) is 0 Å². The van der Waals surface area contributed by atoms with Crippen LogP contribution in [0, 0.1) is 5.41 Å². The Morgan fingerprint density at radius 3 is 2.58 bits per heavy atom. The van der Waals surface area contributed by atoms with Gasteiger partial charge in [-0.05, 0) is 55.7 Å². The first-order valence-electron chi connectivity index (χ1n) is 11.0. The van der Waals surface area contributed by atoms with Gasteiger partial charge in [-0.3, -0.25) is 9.78 Å². The first kappa shape index (κ1) is 24.5. The molecule has 0 bridgehead atoms. The summed E-state index contributed by atoms with van der Waals surface area (Å²) in [6.45, 7) is 2.89. The van der Waals surface area contributed by atoms with Crippen LogP contribution in [0.4, 0.5) is 23.7 Å². The first-order valence-corrected chi connectivity index (χ1v) is 11.0. The van der Waals surface area contributed by atoms with E-state index in [4.69, 9.17) is 4.74 Å². The Morgan fingerprint density at radius 1 is 1.18 bits per heavy atom. The van der Waals surface area contributed by atoms with Crippen molar-refractivity contribution in [3.63, 3.8) is 0 Å². The number of carbonyl (C=O) groups is 2. The summed E-state index contributed by atoms with van der Waals surface area (Å²) >= 11 is 0. The lowest BCUT2D eigenvalue weighted by Crippen LogP contribution is -2.52. The number of likely N-dealkylation sites (tertiary alicyclic amines) is 1. The minimum absolute atomic E-state index is 0.140. The van der Waals surface area contributed by atoms with E-state index >= 15 is 0 Å². The second-order valence-corrected chi connectivity index (χ2v) is 8.30. The maximum Gasteiger partial charge on any atom is 0.416 e. The number of nitrogens with one attached hydrogen (secondary N) is 1. The molecule has 0 saturated carbocycles. The summed E-state index contributed by atoms with van der Waals surface area (Å²) in [5.41, 5.74) is -0.741. The number of carbonyl (C=O) groups excluding carboxylic acids is 2. The summed E-state index contributed by atoms with van der Waals surface area (Å²) in [5, 5.41) is 2.64. The molecule has 9 heteroatoms. The number of esters is 1. The number of aromatic nitrogens is 1. The molecule has 178 valence electrons. The molecule has 2 aromatic rings. The number of pyridine rings is 1. The highest BCUT2D eigenvalue weighted by molar-refractivity contribution is 5.90. The van der Waals surface area contributed by atoms with Crippen molar-refractivity contribution in [3.05, 3.63) is 59.9 Å². The van der Waals surface area contributed by atoms with Gasteiger partial charge in [0.05, 0.1) is 17.6 Å². The van der Waals surface area contributed by atoms with Gasteiger partial charge < -0.3 is 15.0 Å². The van der Waals surface area contributed by atoms with Crippen molar-refractivity contribution in [2.75, 3.05) is 25.0 Å². The van der Waals surface area contributed by atoms with Crippen molar-refractivity contribution in [2.45, 2.75) is 45.2 Å². The average Bonchev–Trinajstić information content (AvgIpc) is 2.79. The van der Waals surface area contributed by atoms with E-state index in [1.165, 1.54) is 17.0 Å². The van der Waals surface area contributed by atoms with E-state index in [1.54, 1.807) is 12.3 Å². The number of hydrogen-bond donors (Lipinski definition) is 1. The van der Waals surface area contributed by atoms with Gasteiger partial charge in [-0.1, -0.05) is 19.4 Å². The van der Waals surface area contributed by atoms with E-state index in [9.17, 15) is 22.8 Å². The predicted molar refractivity (Wildman–Crippen MR) is 118 cm³/mol. The number of benzene rings is 1. The number of hydrogen-bond acceptors (Lipinski definition) is 4. The topological polar surface area (TPSA) is 71.5 Å². The van der Waals surface area contributed by atoms with Crippen molar-refractivity contribution in [3.8, 4) is 0 Å². The highest BCUT2D eigenvalue weighted by Gasteiger charge is 2.45. The minimum atomic E-state index is -4.45. The number of alkyl halides is 3. The van der Waals surface area contributed by atoms with Crippen LogP contribution in [0.25, 0.3) is 0 Å². The molecule has 3 rings (SSSR count). The summed E-state index contributed by atoms with van der Waals surface area (Å²) in [5.74, 6) is -0.353. The Balaban J connectivity index is 1.74. The van der Waals surface area contributed by atoms with Gasteiger partial charge in [0.2, 0.25) is 0 Å². The number of ether oxygens (including phenoxy) is 1. The molecule has 6 nitrogen and oxygen atoms in total. The zero-order valence-corrected chi connectivity index (χ0v) is 18.5. The zero-order valence-electron chi connectivity index (χ0n) is 18.5. The number of anilines is 1. The molecule has 1 N–H and O–H groups in total. The van der Waals surface area contributed by atoms with E-state index < -0.39 is 23.2 Å². The Bertz CT molecular complexity index is 935. The molecule has 1 fully saturated rings. The number of halogens is 3. The molecule has 0 aliphatic carbocycles. The third kappa shape index (κ3) is 6.46. The molecule has 2 amide bonds. The smallest absolute Gasteiger partial charge is 0.416 e. The maximum atomic E-state index is 13.1. The van der Waals surface area contributed by atoms with Crippen molar-refractivity contribution >= 4 is 17.7 Å². The van der Waals surface area contributed by atoms with Gasteiger partial charge in [-0.25, -0.2) is 4.79 Å². The Hall–Kier alpha value is -3.10. The minimum Gasteiger partial charge on any atom is -0.465 e. The Kier molecular flexibility index (Phi) is 7.94. The Morgan fingerprint density at radius 2 is 1.94 bits per heavy atom. The number of unbranched alkanes of at least 4 members (excludes halogenated alkanes) is 1. The van der Waals surface area contributed by atoms with Crippen molar-refractivity contribution in [1.82, 2.24) is 9.88 Å². The van der Waals surface area contributed by atoms with Crippen LogP contribution in [0.2, 0.25) is 0 Å². The van der Waals surface area contributed by atoms with Crippen LogP contribution in [0.5, 0.6) is 0 Å². The van der Waals surface area contributed by atoms with Gasteiger partial charge in [0, 0.05) is 37.1 Å². The second-order valence-electron chi connectivity index (χ2n) is 8.30. The normalized spacial score (nSPS) is 18.6. The summed E-state index contributed by atoms with van der Waals surface area (Å²) in [4.78, 5) is 31.9. The summed E-state index contributed by atoms with van der Waals surface area (Å²) in [6.07, 6.45) is 0.339. The molecule has 1 aliphatic heterocycles. The van der Waals surface area contributed by atoms with E-state index in [0.29, 0.717) is 32.4 Å². The molecule has 1 atom stereocenters. The van der Waals surface area contributed by atoms with Crippen LogP contribution in [-0.4, -0.2) is 41.6 Å². The van der Waals surface area contributed by atoms with E-state index in [0.717, 1.165) is 30.7 Å². The molecule has 1 unspecified atom stereocenters. The highest BCUT2D eigenvalue weighted by Crippen LogP contribution is 2.35. The predicted octanol–water partition coefficient (Wildman–Crippen LogP) is 5.30. The number of nitrogens with zero attached hydrogens (tertiary/aromatic N) is 2. The van der Waals surface area contributed by atoms with Gasteiger partial charge in [0.15, 0.2) is 0 Å². The Labute approximate surface area is 191 Å². The maximum absolute atomic E-state index is 13.1. The summed E-state index contributed by atoms with van der Waals surface area (Å²) in [7, 11) is 0. The summed E-state index contributed by atoms with van der Waals surface area (Å²) < 4.78 is 43.9. The van der Waals surface area contributed by atoms with E-state index in [2.05, 4.69) is 10.3 Å². The molecule has 0 spiro atoms. The standard InChI is InChI=1S/C24H28F3N3O3/c1-2-3-15-33-21(31)23(16-20-7-4-5-13-28-20)12-6-14-30(17-23)22(32)29-19-10-8-18(9-11-19)24(25,26)27/h4-5,7-11,13H,2-3,6,12,14-17H2,1H3,(H,29,32). The molecule has 1 saturated heterocycles. The highest BCUT2D eigenvalue weighted by atomic mass is 19.4. The van der Waals surface area contributed by atoms with Crippen LogP contribution in [0.3, 0.4) is 0 Å². The quantitative estimate of drug-likeness (QED) is 0.447. The first-order chi connectivity index (χ1) is 15.7. The lowest BCUT2D eigenvalue weighted by molar-refractivity contribution is -0.159.